The molecule has 0 aliphatic rings. The van der Waals surface area contributed by atoms with Gasteiger partial charge in [-0.1, -0.05) is 18.2 Å². The number of amides is 3. The van der Waals surface area contributed by atoms with Gasteiger partial charge >= 0.3 is 6.03 Å². The molecule has 7 nitrogen and oxygen atoms in total. The average Bonchev–Trinajstić information content (AvgIpc) is 2.64. The van der Waals surface area contributed by atoms with Crippen LogP contribution in [0.4, 0.5) is 16.3 Å². The Hall–Kier alpha value is -3.09. The van der Waals surface area contributed by atoms with E-state index in [0.29, 0.717) is 12.4 Å². The predicted octanol–water partition coefficient (Wildman–Crippen LogP) is 2.63. The van der Waals surface area contributed by atoms with Crippen LogP contribution in [0.1, 0.15) is 17.5 Å². The number of benzene rings is 1. The van der Waals surface area contributed by atoms with Crippen molar-refractivity contribution >= 4 is 23.4 Å². The molecule has 0 aliphatic carbocycles. The fraction of sp³-hybridized carbons (Fsp3) is 0.350. The molecule has 2 rings (SSSR count). The second-order valence-corrected chi connectivity index (χ2v) is 6.67. The summed E-state index contributed by atoms with van der Waals surface area (Å²) in [6.45, 7) is 2.70. The summed E-state index contributed by atoms with van der Waals surface area (Å²) in [4.78, 5) is 31.8. The Kier molecular flexibility index (Phi) is 7.16. The van der Waals surface area contributed by atoms with Gasteiger partial charge in [-0.15, -0.1) is 0 Å². The van der Waals surface area contributed by atoms with Crippen LogP contribution >= 0.6 is 0 Å². The van der Waals surface area contributed by atoms with E-state index < -0.39 is 0 Å². The first kappa shape index (κ1) is 20.2. The van der Waals surface area contributed by atoms with Gasteiger partial charge in [-0.25, -0.2) is 9.78 Å². The summed E-state index contributed by atoms with van der Waals surface area (Å²) in [5, 5.41) is 5.46. The monoisotopic (exact) mass is 369 g/mol. The maximum absolute atomic E-state index is 12.2. The van der Waals surface area contributed by atoms with E-state index in [1.165, 1.54) is 0 Å². The van der Waals surface area contributed by atoms with Crippen LogP contribution in [-0.4, -0.2) is 49.5 Å². The normalized spacial score (nSPS) is 10.2. The van der Waals surface area contributed by atoms with Crippen LogP contribution in [0, 0.1) is 6.92 Å². The number of aryl methyl sites for hydroxylation is 1. The number of urea groups is 1. The van der Waals surface area contributed by atoms with Crippen LogP contribution in [-0.2, 0) is 11.3 Å². The highest BCUT2D eigenvalue weighted by Crippen LogP contribution is 2.13. The van der Waals surface area contributed by atoms with Gasteiger partial charge in [0.1, 0.15) is 5.82 Å². The number of rotatable bonds is 7. The fourth-order valence-corrected chi connectivity index (χ4v) is 2.41. The number of carbonyl (C=O) groups is 2. The number of aromatic nitrogens is 1. The van der Waals surface area contributed by atoms with E-state index in [2.05, 4.69) is 15.6 Å². The fourth-order valence-electron chi connectivity index (χ4n) is 2.41. The largest absolute Gasteiger partial charge is 0.378 e. The lowest BCUT2D eigenvalue weighted by Gasteiger charge is -2.19. The first-order valence-electron chi connectivity index (χ1n) is 8.83. The third kappa shape index (κ3) is 6.62. The molecule has 3 amide bonds. The van der Waals surface area contributed by atoms with Crippen molar-refractivity contribution in [1.29, 1.82) is 0 Å². The minimum absolute atomic E-state index is 0.186. The molecule has 0 radical (unpaired) electrons. The number of hydrogen-bond donors (Lipinski definition) is 2. The zero-order valence-corrected chi connectivity index (χ0v) is 16.3. The quantitative estimate of drug-likeness (QED) is 0.786. The van der Waals surface area contributed by atoms with E-state index in [-0.39, 0.29) is 24.9 Å². The molecule has 1 aromatic heterocycles. The molecular formula is C20H27N5O2. The Balaban J connectivity index is 1.72. The van der Waals surface area contributed by atoms with Crippen LogP contribution in [0.3, 0.4) is 0 Å². The van der Waals surface area contributed by atoms with E-state index in [4.69, 9.17) is 0 Å². The summed E-state index contributed by atoms with van der Waals surface area (Å²) < 4.78 is 0. The summed E-state index contributed by atoms with van der Waals surface area (Å²) in [5.41, 5.74) is 3.18. The molecule has 0 atom stereocenters. The maximum atomic E-state index is 12.2. The standard InChI is InChI=1S/C20H27N5O2/c1-15-5-10-18(22-13-15)23-19(26)11-12-21-20(27)25(4)14-16-6-8-17(9-7-16)24(2)3/h5-10,13H,11-12,14H2,1-4H3,(H,21,27)(H,22,23,26). The van der Waals surface area contributed by atoms with Crippen molar-refractivity contribution in [3.05, 3.63) is 53.7 Å². The van der Waals surface area contributed by atoms with Gasteiger partial charge < -0.3 is 20.4 Å². The third-order valence-corrected chi connectivity index (χ3v) is 4.03. The molecule has 0 unspecified atom stereocenters. The van der Waals surface area contributed by atoms with Crippen LogP contribution in [0.25, 0.3) is 0 Å². The Morgan fingerprint density at radius 2 is 1.74 bits per heavy atom. The number of carbonyl (C=O) groups excluding carboxylic acids is 2. The van der Waals surface area contributed by atoms with Gasteiger partial charge in [0.15, 0.2) is 0 Å². The van der Waals surface area contributed by atoms with Crippen molar-refractivity contribution in [3.63, 3.8) is 0 Å². The van der Waals surface area contributed by atoms with E-state index in [1.54, 1.807) is 24.2 Å². The zero-order chi connectivity index (χ0) is 19.8. The topological polar surface area (TPSA) is 77.6 Å². The molecule has 27 heavy (non-hydrogen) atoms. The van der Waals surface area contributed by atoms with Crippen molar-refractivity contribution in [3.8, 4) is 0 Å². The zero-order valence-electron chi connectivity index (χ0n) is 16.3. The molecule has 0 bridgehead atoms. The predicted molar refractivity (Wildman–Crippen MR) is 108 cm³/mol. The van der Waals surface area contributed by atoms with Gasteiger partial charge in [0.2, 0.25) is 5.91 Å². The van der Waals surface area contributed by atoms with Crippen LogP contribution in [0.2, 0.25) is 0 Å². The smallest absolute Gasteiger partial charge is 0.317 e. The summed E-state index contributed by atoms with van der Waals surface area (Å²) in [6.07, 6.45) is 1.88. The molecule has 0 saturated heterocycles. The number of nitrogens with one attached hydrogen (secondary N) is 2. The van der Waals surface area contributed by atoms with E-state index in [9.17, 15) is 9.59 Å². The van der Waals surface area contributed by atoms with Crippen molar-refractivity contribution in [2.75, 3.05) is 37.9 Å². The number of pyridine rings is 1. The minimum atomic E-state index is -0.215. The molecule has 0 saturated carbocycles. The van der Waals surface area contributed by atoms with Gasteiger partial charge in [-0.3, -0.25) is 4.79 Å². The molecule has 0 aliphatic heterocycles. The summed E-state index contributed by atoms with van der Waals surface area (Å²) >= 11 is 0. The molecule has 2 N–H and O–H groups in total. The Labute approximate surface area is 160 Å². The van der Waals surface area contributed by atoms with Crippen LogP contribution in [0.15, 0.2) is 42.6 Å². The highest BCUT2D eigenvalue weighted by molar-refractivity contribution is 5.90. The van der Waals surface area contributed by atoms with Crippen molar-refractivity contribution in [2.24, 2.45) is 0 Å². The molecule has 2 aromatic rings. The van der Waals surface area contributed by atoms with Gasteiger partial charge in [0, 0.05) is 52.5 Å². The van der Waals surface area contributed by atoms with Gasteiger partial charge in [0.25, 0.3) is 0 Å². The molecular weight excluding hydrogens is 342 g/mol. The second-order valence-electron chi connectivity index (χ2n) is 6.67. The molecule has 7 heteroatoms. The Bertz CT molecular complexity index is 757. The van der Waals surface area contributed by atoms with E-state index in [0.717, 1.165) is 16.8 Å². The first-order chi connectivity index (χ1) is 12.8. The van der Waals surface area contributed by atoms with Crippen molar-refractivity contribution in [2.45, 2.75) is 19.9 Å². The molecule has 144 valence electrons. The number of nitrogens with zero attached hydrogens (tertiary/aromatic N) is 3. The van der Waals surface area contributed by atoms with E-state index >= 15 is 0 Å². The maximum Gasteiger partial charge on any atom is 0.317 e. The Morgan fingerprint density at radius 3 is 2.33 bits per heavy atom. The van der Waals surface area contributed by atoms with Crippen molar-refractivity contribution < 1.29 is 9.59 Å². The molecule has 1 aromatic carbocycles. The summed E-state index contributed by atoms with van der Waals surface area (Å²) in [6, 6.07) is 11.5. The van der Waals surface area contributed by atoms with Crippen molar-refractivity contribution in [1.82, 2.24) is 15.2 Å². The van der Waals surface area contributed by atoms with Gasteiger partial charge in [-0.2, -0.15) is 0 Å². The highest BCUT2D eigenvalue weighted by atomic mass is 16.2. The Morgan fingerprint density at radius 1 is 1.04 bits per heavy atom. The van der Waals surface area contributed by atoms with Crippen LogP contribution < -0.4 is 15.5 Å². The molecule has 0 spiro atoms. The number of anilines is 2. The lowest BCUT2D eigenvalue weighted by atomic mass is 10.2. The second kappa shape index (κ2) is 9.56. The van der Waals surface area contributed by atoms with Crippen LogP contribution in [0.5, 0.6) is 0 Å². The molecule has 0 fully saturated rings. The summed E-state index contributed by atoms with van der Waals surface area (Å²) in [5.74, 6) is 0.323. The highest BCUT2D eigenvalue weighted by Gasteiger charge is 2.10. The lowest BCUT2D eigenvalue weighted by molar-refractivity contribution is -0.116. The first-order valence-corrected chi connectivity index (χ1v) is 8.83. The SMILES string of the molecule is Cc1ccc(NC(=O)CCNC(=O)N(C)Cc2ccc(N(C)C)cc2)nc1. The third-order valence-electron chi connectivity index (χ3n) is 4.03. The molecule has 1 heterocycles. The number of hydrogen-bond acceptors (Lipinski definition) is 4. The average molecular weight is 369 g/mol. The van der Waals surface area contributed by atoms with Gasteiger partial charge in [0.05, 0.1) is 0 Å². The summed E-state index contributed by atoms with van der Waals surface area (Å²) in [7, 11) is 5.70. The van der Waals surface area contributed by atoms with Gasteiger partial charge in [-0.05, 0) is 36.2 Å². The van der Waals surface area contributed by atoms with E-state index in [1.807, 2.05) is 56.3 Å². The minimum Gasteiger partial charge on any atom is -0.378 e. The lowest BCUT2D eigenvalue weighted by Crippen LogP contribution is -2.38.